The van der Waals surface area contributed by atoms with E-state index >= 15 is 0 Å². The molecule has 0 atom stereocenters. The highest BCUT2D eigenvalue weighted by Crippen LogP contribution is 2.33. The van der Waals surface area contributed by atoms with Gasteiger partial charge in [-0.2, -0.15) is 12.7 Å². The number of nitrogens with zero attached hydrogens (tertiary/aromatic N) is 1. The van der Waals surface area contributed by atoms with Crippen LogP contribution in [0.1, 0.15) is 45.4 Å². The summed E-state index contributed by atoms with van der Waals surface area (Å²) >= 11 is 0. The topological polar surface area (TPSA) is 61.4 Å². The van der Waals surface area contributed by atoms with E-state index in [1.807, 2.05) is 0 Å². The summed E-state index contributed by atoms with van der Waals surface area (Å²) in [5.74, 6) is 1.50. The molecule has 2 rings (SSSR count). The molecule has 0 spiro atoms. The minimum Gasteiger partial charge on any atom is -0.317 e. The van der Waals surface area contributed by atoms with E-state index in [0.717, 1.165) is 38.3 Å². The quantitative estimate of drug-likeness (QED) is 0.632. The predicted molar refractivity (Wildman–Crippen MR) is 81.7 cm³/mol. The molecule has 1 heterocycles. The minimum absolute atomic E-state index is 0.593. The standard InChI is InChI=1S/C14H29N3O2S/c1-2-15-12-14-7-10-17(11-8-14)20(18,19)16-9-3-4-13-5-6-13/h13-16H,2-12H2,1H3. The van der Waals surface area contributed by atoms with Crippen LogP contribution in [0.25, 0.3) is 0 Å². The largest absolute Gasteiger partial charge is 0.317 e. The number of nitrogens with one attached hydrogen (secondary N) is 2. The van der Waals surface area contributed by atoms with Crippen molar-refractivity contribution in [2.75, 3.05) is 32.7 Å². The van der Waals surface area contributed by atoms with Gasteiger partial charge in [-0.15, -0.1) is 0 Å². The van der Waals surface area contributed by atoms with E-state index in [1.165, 1.54) is 19.3 Å². The molecule has 1 aliphatic carbocycles. The van der Waals surface area contributed by atoms with Crippen LogP contribution in [0.4, 0.5) is 0 Å². The Morgan fingerprint density at radius 3 is 2.40 bits per heavy atom. The van der Waals surface area contributed by atoms with Gasteiger partial charge in [0.1, 0.15) is 0 Å². The van der Waals surface area contributed by atoms with Gasteiger partial charge in [0.05, 0.1) is 0 Å². The van der Waals surface area contributed by atoms with Crippen molar-refractivity contribution in [1.82, 2.24) is 14.3 Å². The Morgan fingerprint density at radius 1 is 1.10 bits per heavy atom. The van der Waals surface area contributed by atoms with Crippen molar-refractivity contribution < 1.29 is 8.42 Å². The number of rotatable bonds is 9. The van der Waals surface area contributed by atoms with E-state index in [2.05, 4.69) is 17.0 Å². The summed E-state index contributed by atoms with van der Waals surface area (Å²) in [5.41, 5.74) is 0. The van der Waals surface area contributed by atoms with E-state index < -0.39 is 10.2 Å². The highest BCUT2D eigenvalue weighted by Gasteiger charge is 2.27. The lowest BCUT2D eigenvalue weighted by Gasteiger charge is -2.31. The molecule has 1 aliphatic heterocycles. The van der Waals surface area contributed by atoms with Crippen molar-refractivity contribution in [3.05, 3.63) is 0 Å². The van der Waals surface area contributed by atoms with E-state index in [-0.39, 0.29) is 0 Å². The molecule has 20 heavy (non-hydrogen) atoms. The van der Waals surface area contributed by atoms with Gasteiger partial charge in [-0.05, 0) is 50.6 Å². The van der Waals surface area contributed by atoms with Gasteiger partial charge in [0.15, 0.2) is 0 Å². The smallest absolute Gasteiger partial charge is 0.279 e. The van der Waals surface area contributed by atoms with E-state index in [1.54, 1.807) is 4.31 Å². The normalized spacial score (nSPS) is 22.2. The summed E-state index contributed by atoms with van der Waals surface area (Å²) in [6.45, 7) is 6.02. The average Bonchev–Trinajstić information content (AvgIpc) is 3.26. The monoisotopic (exact) mass is 303 g/mol. The zero-order valence-corrected chi connectivity index (χ0v) is 13.4. The molecule has 2 N–H and O–H groups in total. The summed E-state index contributed by atoms with van der Waals surface area (Å²) in [6.07, 6.45) is 6.76. The minimum atomic E-state index is -3.24. The molecule has 5 nitrogen and oxygen atoms in total. The summed E-state index contributed by atoms with van der Waals surface area (Å²) in [4.78, 5) is 0. The molecule has 1 saturated carbocycles. The van der Waals surface area contributed by atoms with Crippen LogP contribution in [0.15, 0.2) is 0 Å². The van der Waals surface area contributed by atoms with Gasteiger partial charge in [0.25, 0.3) is 10.2 Å². The average molecular weight is 303 g/mol. The van der Waals surface area contributed by atoms with Gasteiger partial charge in [-0.1, -0.05) is 19.8 Å². The Kier molecular flexibility index (Phi) is 6.26. The molecule has 0 radical (unpaired) electrons. The molecule has 0 bridgehead atoms. The summed E-state index contributed by atoms with van der Waals surface area (Å²) in [5, 5.41) is 3.35. The van der Waals surface area contributed by atoms with Crippen LogP contribution in [-0.4, -0.2) is 45.4 Å². The van der Waals surface area contributed by atoms with Crippen molar-refractivity contribution >= 4 is 10.2 Å². The first-order valence-corrected chi connectivity index (χ1v) is 9.51. The van der Waals surface area contributed by atoms with Crippen molar-refractivity contribution in [2.45, 2.75) is 45.4 Å². The first-order chi connectivity index (χ1) is 9.62. The molecular weight excluding hydrogens is 274 g/mol. The molecule has 0 aromatic carbocycles. The third-order valence-corrected chi connectivity index (χ3v) is 5.98. The molecule has 0 aromatic heterocycles. The van der Waals surface area contributed by atoms with Crippen molar-refractivity contribution in [3.63, 3.8) is 0 Å². The third kappa shape index (κ3) is 5.31. The highest BCUT2D eigenvalue weighted by atomic mass is 32.2. The Hall–Kier alpha value is -0.170. The molecule has 118 valence electrons. The maximum Gasteiger partial charge on any atom is 0.279 e. The highest BCUT2D eigenvalue weighted by molar-refractivity contribution is 7.87. The maximum absolute atomic E-state index is 12.2. The number of piperidine rings is 1. The summed E-state index contributed by atoms with van der Waals surface area (Å²) < 4.78 is 28.7. The lowest BCUT2D eigenvalue weighted by molar-refractivity contribution is 0.266. The van der Waals surface area contributed by atoms with Crippen LogP contribution < -0.4 is 10.0 Å². The molecule has 2 fully saturated rings. The molecular formula is C14H29N3O2S. The van der Waals surface area contributed by atoms with Gasteiger partial charge in [0.2, 0.25) is 0 Å². The Balaban J connectivity index is 1.64. The van der Waals surface area contributed by atoms with Gasteiger partial charge >= 0.3 is 0 Å². The molecule has 1 saturated heterocycles. The lowest BCUT2D eigenvalue weighted by Crippen LogP contribution is -2.46. The first kappa shape index (κ1) is 16.2. The second kappa shape index (κ2) is 7.73. The second-order valence-corrected chi connectivity index (χ2v) is 7.89. The Labute approximate surface area is 123 Å². The van der Waals surface area contributed by atoms with Crippen molar-refractivity contribution in [2.24, 2.45) is 11.8 Å². The van der Waals surface area contributed by atoms with E-state index in [0.29, 0.717) is 25.6 Å². The van der Waals surface area contributed by atoms with Crippen molar-refractivity contribution in [3.8, 4) is 0 Å². The summed E-state index contributed by atoms with van der Waals surface area (Å²) in [7, 11) is -3.24. The van der Waals surface area contributed by atoms with Crippen LogP contribution in [0.3, 0.4) is 0 Å². The zero-order chi connectivity index (χ0) is 14.4. The second-order valence-electron chi connectivity index (χ2n) is 6.14. The zero-order valence-electron chi connectivity index (χ0n) is 12.6. The Morgan fingerprint density at radius 2 is 1.80 bits per heavy atom. The number of hydrogen-bond acceptors (Lipinski definition) is 3. The maximum atomic E-state index is 12.2. The van der Waals surface area contributed by atoms with Gasteiger partial charge in [0, 0.05) is 19.6 Å². The van der Waals surface area contributed by atoms with E-state index in [9.17, 15) is 8.42 Å². The SMILES string of the molecule is CCNCC1CCN(S(=O)(=O)NCCCC2CC2)CC1. The molecule has 6 heteroatoms. The lowest BCUT2D eigenvalue weighted by atomic mass is 9.98. The fourth-order valence-corrected chi connectivity index (χ4v) is 4.07. The van der Waals surface area contributed by atoms with Gasteiger partial charge in [-0.25, -0.2) is 4.72 Å². The summed E-state index contributed by atoms with van der Waals surface area (Å²) in [6, 6.07) is 0. The number of hydrogen-bond donors (Lipinski definition) is 2. The first-order valence-electron chi connectivity index (χ1n) is 8.07. The fraction of sp³-hybridized carbons (Fsp3) is 1.00. The molecule has 2 aliphatic rings. The molecule has 0 unspecified atom stereocenters. The molecule has 0 amide bonds. The van der Waals surface area contributed by atoms with E-state index in [4.69, 9.17) is 0 Å². The van der Waals surface area contributed by atoms with Crippen LogP contribution in [0, 0.1) is 11.8 Å². The van der Waals surface area contributed by atoms with Gasteiger partial charge < -0.3 is 5.32 Å². The van der Waals surface area contributed by atoms with Gasteiger partial charge in [-0.3, -0.25) is 0 Å². The van der Waals surface area contributed by atoms with Crippen LogP contribution in [-0.2, 0) is 10.2 Å². The van der Waals surface area contributed by atoms with Crippen LogP contribution in [0.5, 0.6) is 0 Å². The van der Waals surface area contributed by atoms with Crippen LogP contribution in [0.2, 0.25) is 0 Å². The fourth-order valence-electron chi connectivity index (χ4n) is 2.79. The van der Waals surface area contributed by atoms with Crippen molar-refractivity contribution in [1.29, 1.82) is 0 Å². The third-order valence-electron chi connectivity index (χ3n) is 4.37. The Bertz CT molecular complexity index is 374. The van der Waals surface area contributed by atoms with Crippen LogP contribution >= 0.6 is 0 Å². The predicted octanol–water partition coefficient (Wildman–Crippen LogP) is 1.33. The molecule has 0 aromatic rings.